The molecule has 0 aromatic heterocycles. The van der Waals surface area contributed by atoms with E-state index in [2.05, 4.69) is 27.9 Å². The van der Waals surface area contributed by atoms with Gasteiger partial charge in [-0.25, -0.2) is 0 Å². The highest BCUT2D eigenvalue weighted by atomic mass is 127. The largest absolute Gasteiger partial charge is 0.497 e. The van der Waals surface area contributed by atoms with Crippen LogP contribution in [-0.4, -0.2) is 19.6 Å². The second-order valence-corrected chi connectivity index (χ2v) is 7.34. The highest BCUT2D eigenvalue weighted by molar-refractivity contribution is 14.1. The predicted molar refractivity (Wildman–Crippen MR) is 122 cm³/mol. The van der Waals surface area contributed by atoms with E-state index in [4.69, 9.17) is 14.2 Å². The van der Waals surface area contributed by atoms with E-state index in [9.17, 15) is 4.79 Å². The van der Waals surface area contributed by atoms with Gasteiger partial charge in [0, 0.05) is 11.3 Å². The molecule has 3 aromatic rings. The molecule has 29 heavy (non-hydrogen) atoms. The Hall–Kier alpha value is -2.74. The number of ether oxygens (including phenoxy) is 3. The number of nitrogens with one attached hydrogen (secondary N) is 1. The second-order valence-electron chi connectivity index (χ2n) is 6.18. The zero-order chi connectivity index (χ0) is 20.6. The monoisotopic (exact) mass is 503 g/mol. The molecule has 3 rings (SSSR count). The van der Waals surface area contributed by atoms with E-state index in [0.29, 0.717) is 36.0 Å². The van der Waals surface area contributed by atoms with Gasteiger partial charge in [-0.1, -0.05) is 30.3 Å². The van der Waals surface area contributed by atoms with Crippen molar-refractivity contribution in [2.24, 2.45) is 0 Å². The van der Waals surface area contributed by atoms with E-state index in [1.165, 1.54) is 0 Å². The molecule has 0 saturated heterocycles. The molecule has 0 heterocycles. The molecule has 6 heteroatoms. The lowest BCUT2D eigenvalue weighted by atomic mass is 10.1. The third-order valence-corrected chi connectivity index (χ3v) is 4.95. The molecule has 0 saturated carbocycles. The molecule has 0 atom stereocenters. The van der Waals surface area contributed by atoms with Crippen molar-refractivity contribution in [3.8, 4) is 17.2 Å². The summed E-state index contributed by atoms with van der Waals surface area (Å²) in [5.41, 5.74) is 2.22. The molecule has 0 bridgehead atoms. The van der Waals surface area contributed by atoms with Gasteiger partial charge in [-0.2, -0.15) is 0 Å². The van der Waals surface area contributed by atoms with Crippen LogP contribution in [0.25, 0.3) is 0 Å². The van der Waals surface area contributed by atoms with Gasteiger partial charge in [0.15, 0.2) is 11.5 Å². The van der Waals surface area contributed by atoms with Crippen molar-refractivity contribution < 1.29 is 19.0 Å². The van der Waals surface area contributed by atoms with Crippen LogP contribution in [-0.2, 0) is 6.61 Å². The first-order valence-corrected chi connectivity index (χ1v) is 10.3. The topological polar surface area (TPSA) is 56.8 Å². The third kappa shape index (κ3) is 5.63. The summed E-state index contributed by atoms with van der Waals surface area (Å²) in [7, 11) is 1.60. The van der Waals surface area contributed by atoms with Crippen molar-refractivity contribution in [1.82, 2.24) is 0 Å². The fourth-order valence-corrected chi connectivity index (χ4v) is 3.46. The molecule has 0 aliphatic rings. The van der Waals surface area contributed by atoms with Gasteiger partial charge in [-0.15, -0.1) is 0 Å². The van der Waals surface area contributed by atoms with Crippen molar-refractivity contribution in [2.45, 2.75) is 13.5 Å². The molecule has 1 amide bonds. The van der Waals surface area contributed by atoms with Crippen LogP contribution in [0, 0.1) is 3.57 Å². The van der Waals surface area contributed by atoms with Crippen molar-refractivity contribution in [3.05, 3.63) is 81.4 Å². The molecule has 0 unspecified atom stereocenters. The fraction of sp³-hybridized carbons (Fsp3) is 0.174. The Morgan fingerprint density at radius 2 is 1.72 bits per heavy atom. The Morgan fingerprint density at radius 1 is 1.00 bits per heavy atom. The van der Waals surface area contributed by atoms with Crippen molar-refractivity contribution in [2.75, 3.05) is 19.0 Å². The van der Waals surface area contributed by atoms with Crippen molar-refractivity contribution in [1.29, 1.82) is 0 Å². The Kier molecular flexibility index (Phi) is 7.35. The van der Waals surface area contributed by atoms with Gasteiger partial charge < -0.3 is 19.5 Å². The van der Waals surface area contributed by atoms with E-state index in [-0.39, 0.29) is 5.91 Å². The normalized spacial score (nSPS) is 10.3. The van der Waals surface area contributed by atoms with Gasteiger partial charge in [0.1, 0.15) is 12.4 Å². The van der Waals surface area contributed by atoms with Crippen LogP contribution in [0.1, 0.15) is 22.8 Å². The average Bonchev–Trinajstić information content (AvgIpc) is 2.75. The molecule has 0 fully saturated rings. The lowest BCUT2D eigenvalue weighted by Gasteiger charge is -2.15. The Morgan fingerprint density at radius 3 is 2.38 bits per heavy atom. The standard InChI is InChI=1S/C23H22INO4/c1-3-28-22-20(24)13-17(14-21(22)29-15-16-7-5-4-6-8-16)23(26)25-18-9-11-19(27-2)12-10-18/h4-14H,3,15H2,1-2H3,(H,25,26). The van der Waals surface area contributed by atoms with Crippen LogP contribution < -0.4 is 19.5 Å². The number of halogens is 1. The number of hydrogen-bond donors (Lipinski definition) is 1. The molecular weight excluding hydrogens is 481 g/mol. The van der Waals surface area contributed by atoms with Gasteiger partial charge in [0.05, 0.1) is 17.3 Å². The molecule has 1 N–H and O–H groups in total. The lowest BCUT2D eigenvalue weighted by Crippen LogP contribution is -2.13. The van der Waals surface area contributed by atoms with E-state index in [1.807, 2.05) is 37.3 Å². The summed E-state index contributed by atoms with van der Waals surface area (Å²) >= 11 is 2.16. The summed E-state index contributed by atoms with van der Waals surface area (Å²) in [5.74, 6) is 1.70. The first-order valence-electron chi connectivity index (χ1n) is 9.19. The van der Waals surface area contributed by atoms with Gasteiger partial charge in [-0.05, 0) is 71.5 Å². The zero-order valence-corrected chi connectivity index (χ0v) is 18.4. The number of rotatable bonds is 8. The molecule has 0 radical (unpaired) electrons. The van der Waals surface area contributed by atoms with Crippen LogP contribution in [0.5, 0.6) is 17.2 Å². The highest BCUT2D eigenvalue weighted by Gasteiger charge is 2.16. The summed E-state index contributed by atoms with van der Waals surface area (Å²) < 4.78 is 17.7. The fourth-order valence-electron chi connectivity index (χ4n) is 2.70. The minimum absolute atomic E-state index is 0.222. The number of methoxy groups -OCH3 is 1. The predicted octanol–water partition coefficient (Wildman–Crippen LogP) is 5.53. The Labute approximate surface area is 184 Å². The SMILES string of the molecule is CCOc1c(I)cc(C(=O)Nc2ccc(OC)cc2)cc1OCc1ccccc1. The quantitative estimate of drug-likeness (QED) is 0.411. The average molecular weight is 503 g/mol. The van der Waals surface area contributed by atoms with Crippen molar-refractivity contribution in [3.63, 3.8) is 0 Å². The van der Waals surface area contributed by atoms with Crippen molar-refractivity contribution >= 4 is 34.2 Å². The molecule has 0 aliphatic heterocycles. The smallest absolute Gasteiger partial charge is 0.255 e. The summed E-state index contributed by atoms with van der Waals surface area (Å²) in [6.07, 6.45) is 0. The number of hydrogen-bond acceptors (Lipinski definition) is 4. The molecular formula is C23H22INO4. The van der Waals surface area contributed by atoms with Crippen LogP contribution in [0.3, 0.4) is 0 Å². The number of carbonyl (C=O) groups excluding carboxylic acids is 1. The van der Waals surface area contributed by atoms with Crippen LogP contribution in [0.2, 0.25) is 0 Å². The first-order chi connectivity index (χ1) is 14.1. The first kappa shape index (κ1) is 21.0. The molecule has 0 spiro atoms. The highest BCUT2D eigenvalue weighted by Crippen LogP contribution is 2.35. The minimum atomic E-state index is -0.222. The van der Waals surface area contributed by atoms with E-state index < -0.39 is 0 Å². The van der Waals surface area contributed by atoms with E-state index in [1.54, 1.807) is 43.5 Å². The summed E-state index contributed by atoms with van der Waals surface area (Å²) in [6.45, 7) is 2.82. The number of carbonyl (C=O) groups is 1. The molecule has 150 valence electrons. The molecule has 0 aliphatic carbocycles. The maximum Gasteiger partial charge on any atom is 0.255 e. The van der Waals surface area contributed by atoms with Gasteiger partial charge in [-0.3, -0.25) is 4.79 Å². The Bertz CT molecular complexity index is 959. The zero-order valence-electron chi connectivity index (χ0n) is 16.3. The number of anilines is 1. The maximum absolute atomic E-state index is 12.8. The second kappa shape index (κ2) is 10.2. The van der Waals surface area contributed by atoms with Gasteiger partial charge in [0.2, 0.25) is 0 Å². The number of benzene rings is 3. The minimum Gasteiger partial charge on any atom is -0.497 e. The third-order valence-electron chi connectivity index (χ3n) is 4.15. The van der Waals surface area contributed by atoms with E-state index >= 15 is 0 Å². The van der Waals surface area contributed by atoms with Crippen LogP contribution >= 0.6 is 22.6 Å². The Balaban J connectivity index is 1.82. The molecule has 5 nitrogen and oxygen atoms in total. The van der Waals surface area contributed by atoms with Crippen LogP contribution in [0.4, 0.5) is 5.69 Å². The van der Waals surface area contributed by atoms with E-state index in [0.717, 1.165) is 14.9 Å². The summed E-state index contributed by atoms with van der Waals surface area (Å²) in [6, 6.07) is 20.6. The van der Waals surface area contributed by atoms with Gasteiger partial charge >= 0.3 is 0 Å². The van der Waals surface area contributed by atoms with Crippen LogP contribution in [0.15, 0.2) is 66.7 Å². The van der Waals surface area contributed by atoms with Gasteiger partial charge in [0.25, 0.3) is 5.91 Å². The lowest BCUT2D eigenvalue weighted by molar-refractivity contribution is 0.102. The number of amides is 1. The summed E-state index contributed by atoms with van der Waals surface area (Å²) in [5, 5.41) is 2.90. The maximum atomic E-state index is 12.8. The molecule has 3 aromatic carbocycles. The summed E-state index contributed by atoms with van der Waals surface area (Å²) in [4.78, 5) is 12.8.